The van der Waals surface area contributed by atoms with Gasteiger partial charge in [0.25, 0.3) is 6.33 Å². The van der Waals surface area contributed by atoms with Crippen molar-refractivity contribution in [1.29, 1.82) is 5.26 Å². The second kappa shape index (κ2) is 18.2. The Bertz CT molecular complexity index is 2310. The molecule has 1 unspecified atom stereocenters. The Labute approximate surface area is 323 Å². The second-order valence-corrected chi connectivity index (χ2v) is 14.2. The predicted octanol–water partition coefficient (Wildman–Crippen LogP) is 3.84. The summed E-state index contributed by atoms with van der Waals surface area (Å²) in [5, 5.41) is 37.0. The first-order chi connectivity index (χ1) is 26.3. The summed E-state index contributed by atoms with van der Waals surface area (Å²) in [5.74, 6) is -3.11. The van der Waals surface area contributed by atoms with Crippen LogP contribution in [0.2, 0.25) is 0 Å². The summed E-state index contributed by atoms with van der Waals surface area (Å²) < 4.78 is 71.1. The summed E-state index contributed by atoms with van der Waals surface area (Å²) in [4.78, 5) is 36.1. The predicted molar refractivity (Wildman–Crippen MR) is 193 cm³/mol. The molecule has 17 nitrogen and oxygen atoms in total. The molecule has 5 aromatic rings. The van der Waals surface area contributed by atoms with Gasteiger partial charge in [-0.3, -0.25) is 19.1 Å². The molecule has 0 aliphatic heterocycles. The highest BCUT2D eigenvalue weighted by atomic mass is 32.3. The monoisotopic (exact) mass is 814 g/mol. The fraction of sp³-hybridized carbons (Fsp3) is 0.286. The normalized spacial score (nSPS) is 13.4. The maximum absolute atomic E-state index is 15.3. The second-order valence-electron chi connectivity index (χ2n) is 12.4. The number of carbonyl (C=O) groups is 2. The third-order valence-corrected chi connectivity index (χ3v) is 9.34. The lowest BCUT2D eigenvalue weighted by Gasteiger charge is -2.32. The van der Waals surface area contributed by atoms with Crippen LogP contribution in [0.4, 0.5) is 19.4 Å². The number of aliphatic hydroxyl groups is 1. The Balaban J connectivity index is 0.00000131. The lowest BCUT2D eigenvalue weighted by molar-refractivity contribution is -0.753. The number of rotatable bonds is 13. The van der Waals surface area contributed by atoms with Gasteiger partial charge in [0.2, 0.25) is 23.0 Å². The summed E-state index contributed by atoms with van der Waals surface area (Å²) >= 11 is 1.25. The minimum atomic E-state index is -4.92. The fourth-order valence-corrected chi connectivity index (χ4v) is 6.46. The number of likely N-dealkylation sites (N-methyl/N-ethyl adjacent to an activating group) is 1. The number of benzene rings is 2. The SMILES string of the molecule is CC(OC(=O)N(C)c1ncccc1CN(C)CC(=O)O)[n+]1cnn(C[C@](O)(c2cc(F)ccc2F)[C@@H](C)c2nc(-c3ccc(C#N)cc3)cs2)c1.O=S(=O)([O-])O. The summed E-state index contributed by atoms with van der Waals surface area (Å²) in [6.45, 7) is 2.95. The summed E-state index contributed by atoms with van der Waals surface area (Å²) in [6.07, 6.45) is 2.68. The zero-order chi connectivity index (χ0) is 41.4. The van der Waals surface area contributed by atoms with Crippen LogP contribution in [0, 0.1) is 23.0 Å². The van der Waals surface area contributed by atoms with Gasteiger partial charge in [0.05, 0.1) is 28.9 Å². The first-order valence-electron chi connectivity index (χ1n) is 16.3. The number of carboxylic acids is 1. The standard InChI is InChI=1S/C35H34F2N8O5S.H2O4S/c1-22(33-41-30(18-51-33)25-9-7-24(15-38)8-10-25)35(49,28-14-27(36)11-12-29(28)37)19-45-21-44(20-40-45)23(2)50-34(48)43(4)32-26(6-5-13-39-32)16-42(3)17-31(46)47;1-5(2,3)4/h5-14,18,20-23,49H,16-17,19H2,1-4H3;(H2,1,2,3,4)/t22-,23?,35+;/m0./s1. The summed E-state index contributed by atoms with van der Waals surface area (Å²) in [7, 11) is -1.80. The Morgan fingerprint density at radius 3 is 2.48 bits per heavy atom. The summed E-state index contributed by atoms with van der Waals surface area (Å²) in [5.41, 5.74) is 0.113. The van der Waals surface area contributed by atoms with E-state index >= 15 is 4.39 Å². The molecule has 3 aromatic heterocycles. The van der Waals surface area contributed by atoms with E-state index in [-0.39, 0.29) is 31.0 Å². The van der Waals surface area contributed by atoms with E-state index in [4.69, 9.17) is 37.6 Å². The van der Waals surface area contributed by atoms with Crippen LogP contribution in [0.15, 0.2) is 78.8 Å². The number of anilines is 1. The fourth-order valence-electron chi connectivity index (χ4n) is 5.48. The molecule has 5 rings (SSSR count). The lowest BCUT2D eigenvalue weighted by atomic mass is 9.82. The van der Waals surface area contributed by atoms with Crippen molar-refractivity contribution in [2.45, 2.75) is 44.7 Å². The number of nitriles is 1. The van der Waals surface area contributed by atoms with E-state index in [1.54, 1.807) is 67.6 Å². The molecule has 296 valence electrons. The van der Waals surface area contributed by atoms with Crippen molar-refractivity contribution in [3.8, 4) is 17.3 Å². The molecule has 0 aliphatic carbocycles. The number of thiazole rings is 1. The molecule has 3 N–H and O–H groups in total. The minimum absolute atomic E-state index is 0.205. The number of nitrogens with zero attached hydrogens (tertiary/aromatic N) is 8. The molecule has 0 saturated heterocycles. The van der Waals surface area contributed by atoms with Gasteiger partial charge in [-0.15, -0.1) is 16.0 Å². The van der Waals surface area contributed by atoms with Crippen molar-refractivity contribution in [3.05, 3.63) is 112 Å². The highest BCUT2D eigenvalue weighted by Crippen LogP contribution is 2.41. The van der Waals surface area contributed by atoms with Gasteiger partial charge in [-0.1, -0.05) is 25.1 Å². The Morgan fingerprint density at radius 1 is 1.16 bits per heavy atom. The first-order valence-corrected chi connectivity index (χ1v) is 18.6. The van der Waals surface area contributed by atoms with Crippen LogP contribution in [0.5, 0.6) is 0 Å². The molecule has 0 aliphatic rings. The van der Waals surface area contributed by atoms with Crippen LogP contribution in [0.1, 0.15) is 47.7 Å². The van der Waals surface area contributed by atoms with E-state index in [0.717, 1.165) is 23.8 Å². The number of carboxylic acid groups (broad SMARTS) is 1. The van der Waals surface area contributed by atoms with Gasteiger partial charge in [0, 0.05) is 59.8 Å². The van der Waals surface area contributed by atoms with E-state index < -0.39 is 51.8 Å². The zero-order valence-electron chi connectivity index (χ0n) is 30.2. The van der Waals surface area contributed by atoms with Crippen molar-refractivity contribution < 1.29 is 55.4 Å². The molecule has 3 heterocycles. The number of hydrogen-bond donors (Lipinski definition) is 3. The highest BCUT2D eigenvalue weighted by Gasteiger charge is 2.43. The maximum atomic E-state index is 15.3. The molecule has 3 atom stereocenters. The molecule has 0 spiro atoms. The van der Waals surface area contributed by atoms with E-state index in [1.807, 2.05) is 0 Å². The largest absolute Gasteiger partial charge is 0.726 e. The van der Waals surface area contributed by atoms with E-state index in [2.05, 4.69) is 16.2 Å². The number of halogens is 2. The number of hydrogen-bond acceptors (Lipinski definition) is 13. The quantitative estimate of drug-likeness (QED) is 0.0870. The molecular formula is C35H36F2N8O9S2. The van der Waals surface area contributed by atoms with E-state index in [1.165, 1.54) is 51.4 Å². The lowest BCUT2D eigenvalue weighted by Crippen LogP contribution is -2.42. The number of pyridine rings is 1. The number of aliphatic carboxylic acids is 1. The van der Waals surface area contributed by atoms with Gasteiger partial charge in [-0.25, -0.2) is 32.0 Å². The Hall–Kier alpha value is -5.76. The molecule has 0 bridgehead atoms. The van der Waals surface area contributed by atoms with Gasteiger partial charge in [0.15, 0.2) is 0 Å². The first kappa shape index (κ1) is 43.0. The molecule has 21 heteroatoms. The molecule has 0 radical (unpaired) electrons. The van der Waals surface area contributed by atoms with Crippen LogP contribution in [0.3, 0.4) is 0 Å². The van der Waals surface area contributed by atoms with Crippen LogP contribution >= 0.6 is 11.3 Å². The maximum Gasteiger partial charge on any atom is 0.418 e. The average Bonchev–Trinajstić information content (AvgIpc) is 3.82. The third-order valence-electron chi connectivity index (χ3n) is 8.31. The van der Waals surface area contributed by atoms with Crippen molar-refractivity contribution in [2.75, 3.05) is 25.5 Å². The zero-order valence-corrected chi connectivity index (χ0v) is 31.9. The van der Waals surface area contributed by atoms with Crippen molar-refractivity contribution in [2.24, 2.45) is 0 Å². The highest BCUT2D eigenvalue weighted by molar-refractivity contribution is 7.79. The van der Waals surface area contributed by atoms with Crippen molar-refractivity contribution in [3.63, 3.8) is 0 Å². The van der Waals surface area contributed by atoms with Gasteiger partial charge >= 0.3 is 12.1 Å². The van der Waals surface area contributed by atoms with Crippen LogP contribution in [0.25, 0.3) is 11.3 Å². The molecule has 0 saturated carbocycles. The molecule has 2 aromatic carbocycles. The number of carbonyl (C=O) groups excluding carboxylic acids is 1. The average molecular weight is 815 g/mol. The van der Waals surface area contributed by atoms with Gasteiger partial charge in [-0.05, 0) is 43.4 Å². The Kier molecular flexibility index (Phi) is 14.0. The molecular weight excluding hydrogens is 779 g/mol. The minimum Gasteiger partial charge on any atom is -0.726 e. The van der Waals surface area contributed by atoms with Gasteiger partial charge in [0.1, 0.15) is 29.6 Å². The van der Waals surface area contributed by atoms with Crippen molar-refractivity contribution in [1.82, 2.24) is 24.6 Å². The number of ether oxygens (including phenoxy) is 1. The molecule has 0 fully saturated rings. The molecule has 56 heavy (non-hydrogen) atoms. The topological polar surface area (TPSA) is 239 Å². The van der Waals surface area contributed by atoms with Crippen LogP contribution in [-0.2, 0) is 38.6 Å². The van der Waals surface area contributed by atoms with Crippen LogP contribution < -0.4 is 9.47 Å². The third kappa shape index (κ3) is 11.4. The van der Waals surface area contributed by atoms with Gasteiger partial charge < -0.3 is 19.5 Å². The van der Waals surface area contributed by atoms with E-state index in [0.29, 0.717) is 21.8 Å². The van der Waals surface area contributed by atoms with Crippen LogP contribution in [-0.4, -0.2) is 85.1 Å². The van der Waals surface area contributed by atoms with Gasteiger partial charge in [-0.2, -0.15) is 9.83 Å². The number of aromatic nitrogens is 5. The van der Waals surface area contributed by atoms with Crippen molar-refractivity contribution >= 4 is 39.6 Å². The summed E-state index contributed by atoms with van der Waals surface area (Å²) in [6, 6.07) is 15.2. The van der Waals surface area contributed by atoms with E-state index in [9.17, 15) is 19.1 Å². The molecule has 1 amide bonds. The smallest absolute Gasteiger partial charge is 0.418 e. The Morgan fingerprint density at radius 2 is 1.84 bits per heavy atom. The number of amides is 1.